The fraction of sp³-hybridized carbons (Fsp3) is 0.684. The molecule has 1 atom stereocenters. The highest BCUT2D eigenvalue weighted by atomic mass is 14.9. The lowest BCUT2D eigenvalue weighted by Crippen LogP contribution is -2.35. The molecule has 0 bridgehead atoms. The maximum absolute atomic E-state index is 3.90. The summed E-state index contributed by atoms with van der Waals surface area (Å²) in [6.07, 6.45) is 3.68. The lowest BCUT2D eigenvalue weighted by atomic mass is 9.93. The van der Waals surface area contributed by atoms with Crippen LogP contribution in [0.1, 0.15) is 71.0 Å². The van der Waals surface area contributed by atoms with Crippen molar-refractivity contribution in [2.45, 2.75) is 72.9 Å². The predicted octanol–water partition coefficient (Wildman–Crippen LogP) is 5.50. The van der Waals surface area contributed by atoms with E-state index >= 15 is 0 Å². The van der Waals surface area contributed by atoms with Crippen molar-refractivity contribution in [3.8, 4) is 0 Å². The smallest absolute Gasteiger partial charge is 0.0320 e. The van der Waals surface area contributed by atoms with Gasteiger partial charge in [0.2, 0.25) is 0 Å². The van der Waals surface area contributed by atoms with Gasteiger partial charge >= 0.3 is 0 Å². The normalized spacial score (nSPS) is 13.4. The summed E-state index contributed by atoms with van der Waals surface area (Å²) in [4.78, 5) is 0. The Bertz CT molecular complexity index is 354. The zero-order valence-corrected chi connectivity index (χ0v) is 14.2. The molecule has 0 aliphatic rings. The van der Waals surface area contributed by atoms with E-state index in [4.69, 9.17) is 0 Å². The van der Waals surface area contributed by atoms with Crippen LogP contribution in [-0.4, -0.2) is 6.04 Å². The molecule has 0 saturated carbocycles. The van der Waals surface area contributed by atoms with Crippen molar-refractivity contribution in [1.29, 1.82) is 0 Å². The molecule has 1 rings (SSSR count). The van der Waals surface area contributed by atoms with Crippen LogP contribution >= 0.6 is 0 Å². The third-order valence-electron chi connectivity index (χ3n) is 3.84. The minimum Gasteiger partial charge on any atom is -0.307 e. The summed E-state index contributed by atoms with van der Waals surface area (Å²) in [6, 6.07) is 10.1. The molecule has 0 radical (unpaired) electrons. The van der Waals surface area contributed by atoms with E-state index in [0.717, 1.165) is 18.3 Å². The average Bonchev–Trinajstić information content (AvgIpc) is 2.35. The molecule has 1 unspecified atom stereocenters. The van der Waals surface area contributed by atoms with Crippen LogP contribution in [0.4, 0.5) is 0 Å². The van der Waals surface area contributed by atoms with Gasteiger partial charge in [-0.1, -0.05) is 64.4 Å². The molecule has 1 heteroatoms. The zero-order chi connectivity index (χ0) is 15.1. The standard InChI is InChI=1S/C19H33N/c1-7-19(17-10-8-16(6)9-11-17)20-18(12-14(2)3)13-15(4)5/h8-11,14-15,18-20H,7,12-13H2,1-6H3. The number of hydrogen-bond donors (Lipinski definition) is 1. The maximum atomic E-state index is 3.90. The second-order valence-electron chi connectivity index (χ2n) is 6.99. The second-order valence-corrected chi connectivity index (χ2v) is 6.99. The third kappa shape index (κ3) is 6.09. The number of rotatable bonds is 8. The Labute approximate surface area is 126 Å². The van der Waals surface area contributed by atoms with Gasteiger partial charge in [-0.15, -0.1) is 0 Å². The molecular formula is C19H33N. The second kappa shape index (κ2) is 8.46. The molecule has 0 aliphatic heterocycles. The lowest BCUT2D eigenvalue weighted by Gasteiger charge is -2.28. The van der Waals surface area contributed by atoms with Crippen molar-refractivity contribution in [2.24, 2.45) is 11.8 Å². The summed E-state index contributed by atoms with van der Waals surface area (Å²) in [7, 11) is 0. The zero-order valence-electron chi connectivity index (χ0n) is 14.2. The summed E-state index contributed by atoms with van der Waals surface area (Å²) >= 11 is 0. The summed E-state index contributed by atoms with van der Waals surface area (Å²) in [5.41, 5.74) is 2.76. The fourth-order valence-electron chi connectivity index (χ4n) is 2.90. The van der Waals surface area contributed by atoms with E-state index in [9.17, 15) is 0 Å². The van der Waals surface area contributed by atoms with Gasteiger partial charge in [0.1, 0.15) is 0 Å². The van der Waals surface area contributed by atoms with Crippen LogP contribution in [0.25, 0.3) is 0 Å². The minimum absolute atomic E-state index is 0.484. The molecule has 0 spiro atoms. The molecule has 0 aliphatic carbocycles. The Hall–Kier alpha value is -0.820. The van der Waals surface area contributed by atoms with Gasteiger partial charge in [0, 0.05) is 12.1 Å². The molecule has 1 N–H and O–H groups in total. The highest BCUT2D eigenvalue weighted by Gasteiger charge is 2.17. The third-order valence-corrected chi connectivity index (χ3v) is 3.84. The molecule has 0 amide bonds. The molecule has 1 nitrogen and oxygen atoms in total. The predicted molar refractivity (Wildman–Crippen MR) is 90.0 cm³/mol. The van der Waals surface area contributed by atoms with Crippen LogP contribution < -0.4 is 5.32 Å². The van der Waals surface area contributed by atoms with Gasteiger partial charge in [0.15, 0.2) is 0 Å². The van der Waals surface area contributed by atoms with E-state index in [1.54, 1.807) is 0 Å². The van der Waals surface area contributed by atoms with E-state index < -0.39 is 0 Å². The van der Waals surface area contributed by atoms with Crippen LogP contribution in [0, 0.1) is 18.8 Å². The highest BCUT2D eigenvalue weighted by Crippen LogP contribution is 2.22. The van der Waals surface area contributed by atoms with Crippen molar-refractivity contribution in [2.75, 3.05) is 0 Å². The van der Waals surface area contributed by atoms with E-state index in [2.05, 4.69) is 71.1 Å². The van der Waals surface area contributed by atoms with Gasteiger partial charge in [0.05, 0.1) is 0 Å². The highest BCUT2D eigenvalue weighted by molar-refractivity contribution is 5.24. The summed E-state index contributed by atoms with van der Waals surface area (Å²) in [5.74, 6) is 1.50. The first-order valence-corrected chi connectivity index (χ1v) is 8.25. The van der Waals surface area contributed by atoms with Crippen molar-refractivity contribution < 1.29 is 0 Å². The van der Waals surface area contributed by atoms with E-state index in [1.165, 1.54) is 24.0 Å². The molecule has 0 saturated heterocycles. The molecule has 1 aromatic rings. The fourth-order valence-corrected chi connectivity index (χ4v) is 2.90. The SMILES string of the molecule is CCC(NC(CC(C)C)CC(C)C)c1ccc(C)cc1. The molecule has 20 heavy (non-hydrogen) atoms. The van der Waals surface area contributed by atoms with Crippen LogP contribution in [0.5, 0.6) is 0 Å². The largest absolute Gasteiger partial charge is 0.307 e. The number of benzene rings is 1. The Balaban J connectivity index is 2.74. The number of aryl methyl sites for hydroxylation is 1. The summed E-state index contributed by atoms with van der Waals surface area (Å²) in [6.45, 7) is 13.7. The van der Waals surface area contributed by atoms with Gasteiger partial charge in [-0.3, -0.25) is 0 Å². The molecule has 0 fully saturated rings. The molecule has 0 aromatic heterocycles. The first-order chi connectivity index (χ1) is 9.42. The quantitative estimate of drug-likeness (QED) is 0.661. The van der Waals surface area contributed by atoms with E-state index in [-0.39, 0.29) is 0 Å². The van der Waals surface area contributed by atoms with Crippen LogP contribution in [0.2, 0.25) is 0 Å². The monoisotopic (exact) mass is 275 g/mol. The van der Waals surface area contributed by atoms with Gasteiger partial charge in [-0.25, -0.2) is 0 Å². The molecule has 0 heterocycles. The van der Waals surface area contributed by atoms with E-state index in [1.807, 2.05) is 0 Å². The Kier molecular flexibility index (Phi) is 7.29. The van der Waals surface area contributed by atoms with Gasteiger partial charge in [-0.2, -0.15) is 0 Å². The van der Waals surface area contributed by atoms with Crippen molar-refractivity contribution >= 4 is 0 Å². The lowest BCUT2D eigenvalue weighted by molar-refractivity contribution is 0.324. The van der Waals surface area contributed by atoms with Gasteiger partial charge in [-0.05, 0) is 43.6 Å². The van der Waals surface area contributed by atoms with Crippen LogP contribution in [0.3, 0.4) is 0 Å². The average molecular weight is 275 g/mol. The minimum atomic E-state index is 0.484. The maximum Gasteiger partial charge on any atom is 0.0320 e. The number of hydrogen-bond acceptors (Lipinski definition) is 1. The van der Waals surface area contributed by atoms with Crippen LogP contribution in [0.15, 0.2) is 24.3 Å². The van der Waals surface area contributed by atoms with Crippen molar-refractivity contribution in [3.05, 3.63) is 35.4 Å². The van der Waals surface area contributed by atoms with Crippen LogP contribution in [-0.2, 0) is 0 Å². The Morgan fingerprint density at radius 3 is 1.80 bits per heavy atom. The molecular weight excluding hydrogens is 242 g/mol. The van der Waals surface area contributed by atoms with Gasteiger partial charge < -0.3 is 5.32 Å². The first kappa shape index (κ1) is 17.2. The summed E-state index contributed by atoms with van der Waals surface area (Å²) in [5, 5.41) is 3.90. The molecule has 114 valence electrons. The first-order valence-electron chi connectivity index (χ1n) is 8.25. The molecule has 1 aromatic carbocycles. The van der Waals surface area contributed by atoms with E-state index in [0.29, 0.717) is 12.1 Å². The topological polar surface area (TPSA) is 12.0 Å². The summed E-state index contributed by atoms with van der Waals surface area (Å²) < 4.78 is 0. The Morgan fingerprint density at radius 2 is 1.40 bits per heavy atom. The Morgan fingerprint density at radius 1 is 0.900 bits per heavy atom. The van der Waals surface area contributed by atoms with Crippen molar-refractivity contribution in [3.63, 3.8) is 0 Å². The number of nitrogens with one attached hydrogen (secondary N) is 1. The van der Waals surface area contributed by atoms with Crippen molar-refractivity contribution in [1.82, 2.24) is 5.32 Å². The van der Waals surface area contributed by atoms with Gasteiger partial charge in [0.25, 0.3) is 0 Å².